The van der Waals surface area contributed by atoms with E-state index in [9.17, 15) is 14.7 Å². The number of carbonyl (C=O) groups excluding carboxylic acids is 1. The summed E-state index contributed by atoms with van der Waals surface area (Å²) in [5.74, 6) is -1.47. The number of benzene rings is 3. The molecule has 0 spiro atoms. The predicted octanol–water partition coefficient (Wildman–Crippen LogP) is 4.96. The highest BCUT2D eigenvalue weighted by Crippen LogP contribution is 2.27. The van der Waals surface area contributed by atoms with Crippen molar-refractivity contribution in [2.24, 2.45) is 0 Å². The van der Waals surface area contributed by atoms with Crippen LogP contribution in [0, 0.1) is 0 Å². The van der Waals surface area contributed by atoms with E-state index in [-0.39, 0.29) is 17.2 Å². The number of anilines is 1. The van der Waals surface area contributed by atoms with Gasteiger partial charge >= 0.3 is 5.97 Å². The smallest absolute Gasteiger partial charge is 0.337 e. The summed E-state index contributed by atoms with van der Waals surface area (Å²) in [5, 5.41) is 12.7. The van der Waals surface area contributed by atoms with E-state index in [0.717, 1.165) is 11.1 Å². The van der Waals surface area contributed by atoms with Crippen LogP contribution in [0.2, 0.25) is 5.02 Å². The van der Waals surface area contributed by atoms with Crippen LogP contribution >= 0.6 is 11.6 Å². The van der Waals surface area contributed by atoms with Crippen molar-refractivity contribution in [2.75, 3.05) is 5.32 Å². The van der Waals surface area contributed by atoms with E-state index in [1.165, 1.54) is 6.07 Å². The van der Waals surface area contributed by atoms with Crippen molar-refractivity contribution in [1.82, 2.24) is 0 Å². The van der Waals surface area contributed by atoms with E-state index in [1.54, 1.807) is 54.6 Å². The molecule has 0 aliphatic carbocycles. The van der Waals surface area contributed by atoms with E-state index in [0.29, 0.717) is 10.6 Å². The third kappa shape index (κ3) is 3.87. The highest BCUT2D eigenvalue weighted by molar-refractivity contribution is 6.30. The maximum Gasteiger partial charge on any atom is 0.337 e. The zero-order valence-corrected chi connectivity index (χ0v) is 13.8. The summed E-state index contributed by atoms with van der Waals surface area (Å²) in [5.41, 5.74) is 2.38. The number of aromatic carboxylic acids is 1. The molecule has 3 aromatic rings. The van der Waals surface area contributed by atoms with Crippen molar-refractivity contribution in [3.05, 3.63) is 88.9 Å². The lowest BCUT2D eigenvalue weighted by Crippen LogP contribution is -2.14. The highest BCUT2D eigenvalue weighted by Gasteiger charge is 2.15. The molecule has 3 rings (SSSR count). The summed E-state index contributed by atoms with van der Waals surface area (Å²) in [6.07, 6.45) is 0. The van der Waals surface area contributed by atoms with Gasteiger partial charge in [0.2, 0.25) is 0 Å². The summed E-state index contributed by atoms with van der Waals surface area (Å²) < 4.78 is 0. The molecule has 25 heavy (non-hydrogen) atoms. The minimum Gasteiger partial charge on any atom is -0.478 e. The lowest BCUT2D eigenvalue weighted by atomic mass is 10.0. The topological polar surface area (TPSA) is 66.4 Å². The van der Waals surface area contributed by atoms with E-state index < -0.39 is 5.97 Å². The first kappa shape index (κ1) is 16.7. The number of carbonyl (C=O) groups is 2. The monoisotopic (exact) mass is 351 g/mol. The predicted molar refractivity (Wildman–Crippen MR) is 98.2 cm³/mol. The van der Waals surface area contributed by atoms with Gasteiger partial charge in [0.25, 0.3) is 5.91 Å². The Bertz CT molecular complexity index is 921. The zero-order valence-electron chi connectivity index (χ0n) is 13.1. The fraction of sp³-hybridized carbons (Fsp3) is 0. The number of rotatable bonds is 4. The molecule has 124 valence electrons. The first-order valence-electron chi connectivity index (χ1n) is 7.54. The van der Waals surface area contributed by atoms with Gasteiger partial charge in [0, 0.05) is 10.6 Å². The van der Waals surface area contributed by atoms with Gasteiger partial charge in [-0.15, -0.1) is 0 Å². The van der Waals surface area contributed by atoms with Crippen molar-refractivity contribution >= 4 is 29.2 Å². The number of nitrogens with one attached hydrogen (secondary N) is 1. The molecule has 0 saturated heterocycles. The van der Waals surface area contributed by atoms with Crippen LogP contribution in [0.5, 0.6) is 0 Å². The van der Waals surface area contributed by atoms with Gasteiger partial charge in [0.1, 0.15) is 0 Å². The molecule has 0 aliphatic heterocycles. The molecule has 0 aliphatic rings. The summed E-state index contributed by atoms with van der Waals surface area (Å²) in [6, 6.07) is 20.6. The Kier molecular flexibility index (Phi) is 4.82. The second-order valence-electron chi connectivity index (χ2n) is 5.39. The van der Waals surface area contributed by atoms with Crippen LogP contribution in [-0.2, 0) is 0 Å². The van der Waals surface area contributed by atoms with E-state index in [2.05, 4.69) is 5.32 Å². The summed E-state index contributed by atoms with van der Waals surface area (Å²) >= 11 is 5.90. The molecule has 0 aromatic heterocycles. The molecule has 0 saturated carbocycles. The van der Waals surface area contributed by atoms with E-state index >= 15 is 0 Å². The molecular weight excluding hydrogens is 338 g/mol. The number of carboxylic acid groups (broad SMARTS) is 1. The quantitative estimate of drug-likeness (QED) is 0.698. The third-order valence-corrected chi connectivity index (χ3v) is 3.96. The summed E-state index contributed by atoms with van der Waals surface area (Å²) in [4.78, 5) is 23.8. The number of hydrogen-bond acceptors (Lipinski definition) is 2. The molecule has 0 bridgehead atoms. The van der Waals surface area contributed by atoms with Crippen LogP contribution in [0.25, 0.3) is 11.1 Å². The highest BCUT2D eigenvalue weighted by atomic mass is 35.5. The largest absolute Gasteiger partial charge is 0.478 e. The van der Waals surface area contributed by atoms with Gasteiger partial charge in [-0.05, 0) is 47.5 Å². The van der Waals surface area contributed by atoms with Gasteiger partial charge in [-0.2, -0.15) is 0 Å². The van der Waals surface area contributed by atoms with Crippen LogP contribution in [0.15, 0.2) is 72.8 Å². The second-order valence-corrected chi connectivity index (χ2v) is 5.83. The lowest BCUT2D eigenvalue weighted by molar-refractivity contribution is 0.0698. The van der Waals surface area contributed by atoms with Gasteiger partial charge in [0.05, 0.1) is 11.3 Å². The summed E-state index contributed by atoms with van der Waals surface area (Å²) in [6.45, 7) is 0. The number of halogens is 1. The van der Waals surface area contributed by atoms with E-state index in [1.807, 2.05) is 12.1 Å². The third-order valence-electron chi connectivity index (χ3n) is 3.71. The maximum atomic E-state index is 12.4. The van der Waals surface area contributed by atoms with Crippen LogP contribution in [0.3, 0.4) is 0 Å². The Morgan fingerprint density at radius 1 is 0.840 bits per heavy atom. The van der Waals surface area contributed by atoms with Gasteiger partial charge < -0.3 is 10.4 Å². The van der Waals surface area contributed by atoms with Crippen LogP contribution in [0.4, 0.5) is 5.69 Å². The van der Waals surface area contributed by atoms with Gasteiger partial charge in [-0.1, -0.05) is 48.0 Å². The average Bonchev–Trinajstić information content (AvgIpc) is 2.63. The van der Waals surface area contributed by atoms with Crippen molar-refractivity contribution in [3.63, 3.8) is 0 Å². The van der Waals surface area contributed by atoms with Crippen molar-refractivity contribution < 1.29 is 14.7 Å². The minimum absolute atomic E-state index is 0.0296. The fourth-order valence-electron chi connectivity index (χ4n) is 2.44. The van der Waals surface area contributed by atoms with Crippen LogP contribution in [-0.4, -0.2) is 17.0 Å². The molecule has 0 fully saturated rings. The molecule has 1 amide bonds. The Hall–Kier alpha value is -3.11. The molecule has 0 radical (unpaired) electrons. The summed E-state index contributed by atoms with van der Waals surface area (Å²) in [7, 11) is 0. The van der Waals surface area contributed by atoms with Crippen molar-refractivity contribution in [3.8, 4) is 11.1 Å². The first-order chi connectivity index (χ1) is 12.0. The average molecular weight is 352 g/mol. The molecule has 0 unspecified atom stereocenters. The lowest BCUT2D eigenvalue weighted by Gasteiger charge is -2.11. The fourth-order valence-corrected chi connectivity index (χ4v) is 2.57. The molecule has 0 heterocycles. The number of hydrogen-bond donors (Lipinski definition) is 2. The molecule has 3 aromatic carbocycles. The van der Waals surface area contributed by atoms with Crippen molar-refractivity contribution in [2.45, 2.75) is 0 Å². The van der Waals surface area contributed by atoms with E-state index in [4.69, 9.17) is 11.6 Å². The maximum absolute atomic E-state index is 12.4. The standard InChI is InChI=1S/C20H14ClNO3/c21-16-9-6-13(7-10-16)15-8-11-17(20(24)25)18(12-15)22-19(23)14-4-2-1-3-5-14/h1-12H,(H,22,23)(H,24,25). The SMILES string of the molecule is O=C(Nc1cc(-c2ccc(Cl)cc2)ccc1C(=O)O)c1ccccc1. The molecular formula is C20H14ClNO3. The molecule has 4 nitrogen and oxygen atoms in total. The van der Waals surface area contributed by atoms with Crippen LogP contribution in [0.1, 0.15) is 20.7 Å². The molecule has 2 N–H and O–H groups in total. The number of amides is 1. The van der Waals surface area contributed by atoms with Gasteiger partial charge in [-0.3, -0.25) is 4.79 Å². The van der Waals surface area contributed by atoms with Crippen molar-refractivity contribution in [1.29, 1.82) is 0 Å². The molecule has 0 atom stereocenters. The molecule has 5 heteroatoms. The minimum atomic E-state index is -1.11. The zero-order chi connectivity index (χ0) is 17.8. The van der Waals surface area contributed by atoms with Crippen LogP contribution < -0.4 is 5.32 Å². The normalized spacial score (nSPS) is 10.3. The first-order valence-corrected chi connectivity index (χ1v) is 7.92. The Morgan fingerprint density at radius 3 is 2.12 bits per heavy atom. The Morgan fingerprint density at radius 2 is 1.48 bits per heavy atom. The Labute approximate surface area is 149 Å². The second kappa shape index (κ2) is 7.20. The van der Waals surface area contributed by atoms with Gasteiger partial charge in [0.15, 0.2) is 0 Å². The Balaban J connectivity index is 1.98. The number of carboxylic acids is 1. The van der Waals surface area contributed by atoms with Gasteiger partial charge in [-0.25, -0.2) is 4.79 Å².